The van der Waals surface area contributed by atoms with E-state index >= 15 is 0 Å². The standard InChI is InChI=1S/C7H13F3/c1-5(2)6(3,4)7(8,9)10/h5H,1-4H3. The molecule has 0 N–H and O–H groups in total. The maximum Gasteiger partial charge on any atom is 0.394 e. The zero-order chi connectivity index (χ0) is 8.58. The van der Waals surface area contributed by atoms with Crippen LogP contribution in [-0.2, 0) is 0 Å². The zero-order valence-electron chi connectivity index (χ0n) is 6.71. The Balaban J connectivity index is 4.40. The summed E-state index contributed by atoms with van der Waals surface area (Å²) in [6, 6.07) is 0. The average Bonchev–Trinajstić information content (AvgIpc) is 1.62. The van der Waals surface area contributed by atoms with E-state index in [1.807, 2.05) is 0 Å². The van der Waals surface area contributed by atoms with Crippen LogP contribution in [0.25, 0.3) is 0 Å². The lowest BCUT2D eigenvalue weighted by atomic mass is 9.81. The molecule has 0 radical (unpaired) electrons. The van der Waals surface area contributed by atoms with Crippen molar-refractivity contribution in [1.29, 1.82) is 0 Å². The Bertz CT molecular complexity index is 111. The van der Waals surface area contributed by atoms with Crippen LogP contribution in [0.2, 0.25) is 0 Å². The second-order valence-electron chi connectivity index (χ2n) is 3.37. The smallest absolute Gasteiger partial charge is 0.171 e. The molecule has 3 heteroatoms. The maximum atomic E-state index is 12.1. The van der Waals surface area contributed by atoms with E-state index < -0.39 is 11.6 Å². The van der Waals surface area contributed by atoms with Gasteiger partial charge in [0.15, 0.2) is 0 Å². The molecule has 0 aromatic heterocycles. The minimum atomic E-state index is -4.08. The quantitative estimate of drug-likeness (QED) is 0.544. The Hall–Kier alpha value is -0.210. The molecule has 0 rings (SSSR count). The molecule has 0 aromatic rings. The van der Waals surface area contributed by atoms with Crippen LogP contribution < -0.4 is 0 Å². The summed E-state index contributed by atoms with van der Waals surface area (Å²) in [5.41, 5.74) is -1.56. The van der Waals surface area contributed by atoms with Crippen molar-refractivity contribution in [1.82, 2.24) is 0 Å². The highest BCUT2D eigenvalue weighted by Crippen LogP contribution is 2.42. The Morgan fingerprint density at radius 3 is 1.30 bits per heavy atom. The summed E-state index contributed by atoms with van der Waals surface area (Å²) < 4.78 is 36.3. The van der Waals surface area contributed by atoms with Gasteiger partial charge in [-0.3, -0.25) is 0 Å². The topological polar surface area (TPSA) is 0 Å². The van der Waals surface area contributed by atoms with Gasteiger partial charge in [-0.1, -0.05) is 27.7 Å². The minimum Gasteiger partial charge on any atom is -0.171 e. The predicted molar refractivity (Wildman–Crippen MR) is 34.7 cm³/mol. The molecule has 62 valence electrons. The van der Waals surface area contributed by atoms with Gasteiger partial charge < -0.3 is 0 Å². The molecule has 0 aliphatic heterocycles. The number of rotatable bonds is 1. The van der Waals surface area contributed by atoms with Gasteiger partial charge in [0.1, 0.15) is 0 Å². The van der Waals surface area contributed by atoms with E-state index in [0.29, 0.717) is 0 Å². The summed E-state index contributed by atoms with van der Waals surface area (Å²) in [4.78, 5) is 0. The van der Waals surface area contributed by atoms with Gasteiger partial charge in [0.25, 0.3) is 0 Å². The molecule has 0 aliphatic rings. The van der Waals surface area contributed by atoms with E-state index in [-0.39, 0.29) is 5.92 Å². The largest absolute Gasteiger partial charge is 0.394 e. The molecule has 0 saturated carbocycles. The Morgan fingerprint density at radius 2 is 1.30 bits per heavy atom. The molecular formula is C7H13F3. The molecule has 0 fully saturated rings. The van der Waals surface area contributed by atoms with Crippen LogP contribution >= 0.6 is 0 Å². The highest BCUT2D eigenvalue weighted by Gasteiger charge is 2.48. The van der Waals surface area contributed by atoms with E-state index in [4.69, 9.17) is 0 Å². The molecule has 0 spiro atoms. The number of hydrogen-bond donors (Lipinski definition) is 0. The molecule has 0 atom stereocenters. The summed E-state index contributed by atoms with van der Waals surface area (Å²) in [5, 5.41) is 0. The van der Waals surface area contributed by atoms with Crippen LogP contribution in [0.3, 0.4) is 0 Å². The molecule has 0 bridgehead atoms. The predicted octanol–water partition coefficient (Wildman–Crippen LogP) is 3.23. The third-order valence-electron chi connectivity index (χ3n) is 2.17. The maximum absolute atomic E-state index is 12.1. The first-order chi connectivity index (χ1) is 4.19. The summed E-state index contributed by atoms with van der Waals surface area (Å²) in [6.45, 7) is 5.59. The first-order valence-corrected chi connectivity index (χ1v) is 3.26. The van der Waals surface area contributed by atoms with Gasteiger partial charge in [0, 0.05) is 0 Å². The van der Waals surface area contributed by atoms with E-state index in [9.17, 15) is 13.2 Å². The normalized spacial score (nSPS) is 14.4. The van der Waals surface area contributed by atoms with Crippen molar-refractivity contribution in [3.8, 4) is 0 Å². The summed E-state index contributed by atoms with van der Waals surface area (Å²) in [7, 11) is 0. The fourth-order valence-corrected chi connectivity index (χ4v) is 0.327. The second-order valence-corrected chi connectivity index (χ2v) is 3.37. The van der Waals surface area contributed by atoms with Gasteiger partial charge in [-0.2, -0.15) is 13.2 Å². The summed E-state index contributed by atoms with van der Waals surface area (Å²) in [6.07, 6.45) is -4.08. The van der Waals surface area contributed by atoms with Gasteiger partial charge in [-0.05, 0) is 5.92 Å². The van der Waals surface area contributed by atoms with E-state index in [0.717, 1.165) is 0 Å². The second kappa shape index (κ2) is 2.44. The van der Waals surface area contributed by atoms with Crippen LogP contribution in [0.5, 0.6) is 0 Å². The van der Waals surface area contributed by atoms with Crippen LogP contribution in [0.4, 0.5) is 13.2 Å². The minimum absolute atomic E-state index is 0.368. The van der Waals surface area contributed by atoms with Gasteiger partial charge in [-0.15, -0.1) is 0 Å². The van der Waals surface area contributed by atoms with Crippen molar-refractivity contribution in [3.05, 3.63) is 0 Å². The lowest BCUT2D eigenvalue weighted by Gasteiger charge is -2.31. The van der Waals surface area contributed by atoms with Gasteiger partial charge in [-0.25, -0.2) is 0 Å². The highest BCUT2D eigenvalue weighted by atomic mass is 19.4. The van der Waals surface area contributed by atoms with E-state index in [1.54, 1.807) is 13.8 Å². The fourth-order valence-electron chi connectivity index (χ4n) is 0.327. The van der Waals surface area contributed by atoms with Crippen molar-refractivity contribution >= 4 is 0 Å². The lowest BCUT2D eigenvalue weighted by Crippen LogP contribution is -2.36. The third kappa shape index (κ3) is 1.64. The Morgan fingerprint density at radius 1 is 1.00 bits per heavy atom. The molecule has 0 aromatic carbocycles. The van der Waals surface area contributed by atoms with Crippen LogP contribution in [-0.4, -0.2) is 6.18 Å². The molecule has 0 aliphatic carbocycles. The first-order valence-electron chi connectivity index (χ1n) is 3.26. The van der Waals surface area contributed by atoms with Crippen LogP contribution in [0, 0.1) is 11.3 Å². The van der Waals surface area contributed by atoms with Crippen molar-refractivity contribution < 1.29 is 13.2 Å². The van der Waals surface area contributed by atoms with Crippen LogP contribution in [0.15, 0.2) is 0 Å². The highest BCUT2D eigenvalue weighted by molar-refractivity contribution is 4.79. The van der Waals surface area contributed by atoms with Crippen molar-refractivity contribution in [3.63, 3.8) is 0 Å². The van der Waals surface area contributed by atoms with Crippen LogP contribution in [0.1, 0.15) is 27.7 Å². The van der Waals surface area contributed by atoms with Gasteiger partial charge in [0.05, 0.1) is 5.41 Å². The van der Waals surface area contributed by atoms with E-state index in [2.05, 4.69) is 0 Å². The summed E-state index contributed by atoms with van der Waals surface area (Å²) >= 11 is 0. The molecule has 0 saturated heterocycles. The Labute approximate surface area is 59.4 Å². The third-order valence-corrected chi connectivity index (χ3v) is 2.17. The van der Waals surface area contributed by atoms with Crippen molar-refractivity contribution in [2.45, 2.75) is 33.9 Å². The zero-order valence-corrected chi connectivity index (χ0v) is 6.71. The number of hydrogen-bond acceptors (Lipinski definition) is 0. The molecular weight excluding hydrogens is 141 g/mol. The van der Waals surface area contributed by atoms with E-state index in [1.165, 1.54) is 13.8 Å². The summed E-state index contributed by atoms with van der Waals surface area (Å²) in [5.74, 6) is -0.368. The number of halogens is 3. The van der Waals surface area contributed by atoms with Gasteiger partial charge >= 0.3 is 6.18 Å². The lowest BCUT2D eigenvalue weighted by molar-refractivity contribution is -0.225. The molecule has 0 unspecified atom stereocenters. The van der Waals surface area contributed by atoms with Crippen molar-refractivity contribution in [2.75, 3.05) is 0 Å². The number of alkyl halides is 3. The fraction of sp³-hybridized carbons (Fsp3) is 1.00. The first kappa shape index (κ1) is 9.79. The molecule has 0 amide bonds. The molecule has 0 nitrogen and oxygen atoms in total. The molecule has 10 heavy (non-hydrogen) atoms. The molecule has 0 heterocycles. The van der Waals surface area contributed by atoms with Crippen molar-refractivity contribution in [2.24, 2.45) is 11.3 Å². The van der Waals surface area contributed by atoms with Gasteiger partial charge in [0.2, 0.25) is 0 Å². The average molecular weight is 154 g/mol. The SMILES string of the molecule is CC(C)C(C)(C)C(F)(F)F. The Kier molecular flexibility index (Phi) is 2.39. The monoisotopic (exact) mass is 154 g/mol.